The Bertz CT molecular complexity index is 315. The summed E-state index contributed by atoms with van der Waals surface area (Å²) >= 11 is 0. The van der Waals surface area contributed by atoms with Gasteiger partial charge in [0.15, 0.2) is 0 Å². The molecule has 1 atom stereocenters. The lowest BCUT2D eigenvalue weighted by atomic mass is 10.1. The Balaban J connectivity index is 4.19. The fourth-order valence-corrected chi connectivity index (χ4v) is 1.62. The Morgan fingerprint density at radius 3 is 2.50 bits per heavy atom. The van der Waals surface area contributed by atoms with Crippen molar-refractivity contribution < 1.29 is 19.1 Å². The van der Waals surface area contributed by atoms with Crippen molar-refractivity contribution in [3.63, 3.8) is 0 Å². The number of hydrogen-bond donors (Lipinski definition) is 1. The largest absolute Gasteiger partial charge is 0.464 e. The van der Waals surface area contributed by atoms with Gasteiger partial charge in [-0.3, -0.25) is 0 Å². The summed E-state index contributed by atoms with van der Waals surface area (Å²) in [5, 5.41) is 2.52. The van der Waals surface area contributed by atoms with Crippen molar-refractivity contribution in [2.45, 2.75) is 45.1 Å². The zero-order valence-corrected chi connectivity index (χ0v) is 12.2. The molecule has 0 heterocycles. The Labute approximate surface area is 121 Å². The van der Waals surface area contributed by atoms with Gasteiger partial charge in [-0.05, 0) is 26.2 Å². The highest BCUT2D eigenvalue weighted by Crippen LogP contribution is 2.08. The van der Waals surface area contributed by atoms with Crippen LogP contribution >= 0.6 is 0 Å². The quantitative estimate of drug-likeness (QED) is 0.360. The number of unbranched alkanes of at least 4 members (excludes halogenated alkanes) is 3. The van der Waals surface area contributed by atoms with Gasteiger partial charge in [0.1, 0.15) is 12.6 Å². The van der Waals surface area contributed by atoms with Crippen LogP contribution in [0.15, 0.2) is 25.3 Å². The summed E-state index contributed by atoms with van der Waals surface area (Å²) in [6.07, 6.45) is 7.04. The minimum absolute atomic E-state index is 0.112. The number of amides is 1. The van der Waals surface area contributed by atoms with Crippen LogP contribution in [0, 0.1) is 0 Å². The topological polar surface area (TPSA) is 64.6 Å². The summed E-state index contributed by atoms with van der Waals surface area (Å²) in [7, 11) is 0. The Kier molecular flexibility index (Phi) is 11.2. The van der Waals surface area contributed by atoms with Gasteiger partial charge in [0.25, 0.3) is 0 Å². The standard InChI is InChI=1S/C15H25NO4/c1-4-7-8-9-10-11-13(14(17)19-6-3)16-15(18)20-12-5-2/h4-5,13H,1-2,6-12H2,3H3,(H,16,18)/t13-/m1/s1. The monoisotopic (exact) mass is 283 g/mol. The van der Waals surface area contributed by atoms with E-state index in [1.54, 1.807) is 6.92 Å². The maximum absolute atomic E-state index is 11.7. The highest BCUT2D eigenvalue weighted by atomic mass is 16.6. The van der Waals surface area contributed by atoms with Gasteiger partial charge in [-0.2, -0.15) is 0 Å². The molecule has 0 saturated carbocycles. The normalized spacial score (nSPS) is 11.2. The van der Waals surface area contributed by atoms with Crippen LogP contribution in [0.3, 0.4) is 0 Å². The van der Waals surface area contributed by atoms with Crippen LogP contribution in [0.1, 0.15) is 39.0 Å². The third-order valence-corrected chi connectivity index (χ3v) is 2.60. The van der Waals surface area contributed by atoms with E-state index in [0.29, 0.717) is 6.42 Å². The number of carbonyl (C=O) groups excluding carboxylic acids is 2. The summed E-state index contributed by atoms with van der Waals surface area (Å²) < 4.78 is 9.75. The molecule has 1 amide bonds. The number of ether oxygens (including phenoxy) is 2. The molecule has 0 aliphatic heterocycles. The average Bonchev–Trinajstić information content (AvgIpc) is 2.43. The molecule has 0 aliphatic rings. The van der Waals surface area contributed by atoms with Crippen molar-refractivity contribution in [3.05, 3.63) is 25.3 Å². The molecule has 0 aromatic carbocycles. The molecule has 0 rings (SSSR count). The molecule has 0 saturated heterocycles. The summed E-state index contributed by atoms with van der Waals surface area (Å²) in [6.45, 7) is 9.24. The highest BCUT2D eigenvalue weighted by molar-refractivity contribution is 5.81. The van der Waals surface area contributed by atoms with Crippen molar-refractivity contribution in [1.82, 2.24) is 5.32 Å². The third kappa shape index (κ3) is 9.19. The van der Waals surface area contributed by atoms with Crippen LogP contribution in [-0.4, -0.2) is 31.3 Å². The van der Waals surface area contributed by atoms with Crippen LogP contribution in [0.2, 0.25) is 0 Å². The van der Waals surface area contributed by atoms with Crippen molar-refractivity contribution in [2.75, 3.05) is 13.2 Å². The number of esters is 1. The van der Waals surface area contributed by atoms with Crippen molar-refractivity contribution in [2.24, 2.45) is 0 Å². The first-order chi connectivity index (χ1) is 9.65. The fraction of sp³-hybridized carbons (Fsp3) is 0.600. The second-order valence-electron chi connectivity index (χ2n) is 4.26. The molecule has 0 radical (unpaired) electrons. The second-order valence-corrected chi connectivity index (χ2v) is 4.26. The Morgan fingerprint density at radius 1 is 1.15 bits per heavy atom. The van der Waals surface area contributed by atoms with Gasteiger partial charge in [-0.15, -0.1) is 6.58 Å². The van der Waals surface area contributed by atoms with Crippen molar-refractivity contribution in [3.8, 4) is 0 Å². The van der Waals surface area contributed by atoms with Crippen molar-refractivity contribution in [1.29, 1.82) is 0 Å². The Morgan fingerprint density at radius 2 is 1.90 bits per heavy atom. The first-order valence-corrected chi connectivity index (χ1v) is 6.97. The smallest absolute Gasteiger partial charge is 0.408 e. The van der Waals surface area contributed by atoms with Crippen LogP contribution in [0.25, 0.3) is 0 Å². The molecule has 5 heteroatoms. The first kappa shape index (κ1) is 18.2. The molecule has 0 unspecified atom stereocenters. The molecular formula is C15H25NO4. The lowest BCUT2D eigenvalue weighted by molar-refractivity contribution is -0.145. The zero-order valence-electron chi connectivity index (χ0n) is 12.2. The predicted octanol–water partition coefficient (Wildman–Crippen LogP) is 2.97. The van der Waals surface area contributed by atoms with Gasteiger partial charge in [-0.25, -0.2) is 9.59 Å². The zero-order chi connectivity index (χ0) is 15.2. The molecular weight excluding hydrogens is 258 g/mol. The SMILES string of the molecule is C=CCCCCC[C@@H](NC(=O)OCC=C)C(=O)OCC. The highest BCUT2D eigenvalue weighted by Gasteiger charge is 2.21. The lowest BCUT2D eigenvalue weighted by Gasteiger charge is -2.16. The summed E-state index contributed by atoms with van der Waals surface area (Å²) in [5.41, 5.74) is 0. The molecule has 114 valence electrons. The van der Waals surface area contributed by atoms with E-state index in [4.69, 9.17) is 9.47 Å². The number of hydrogen-bond acceptors (Lipinski definition) is 4. The van der Waals surface area contributed by atoms with E-state index in [0.717, 1.165) is 25.7 Å². The Hall–Kier alpha value is -1.78. The van der Waals surface area contributed by atoms with Gasteiger partial charge >= 0.3 is 12.1 Å². The molecule has 20 heavy (non-hydrogen) atoms. The first-order valence-electron chi connectivity index (χ1n) is 6.97. The van der Waals surface area contributed by atoms with Crippen molar-refractivity contribution >= 4 is 12.1 Å². The third-order valence-electron chi connectivity index (χ3n) is 2.60. The number of carbonyl (C=O) groups is 2. The van der Waals surface area contributed by atoms with Gasteiger partial charge in [0.2, 0.25) is 0 Å². The molecule has 0 bridgehead atoms. The molecule has 0 aromatic heterocycles. The number of rotatable bonds is 11. The molecule has 0 spiro atoms. The van der Waals surface area contributed by atoms with E-state index >= 15 is 0 Å². The van der Waals surface area contributed by atoms with E-state index in [1.165, 1.54) is 6.08 Å². The molecule has 1 N–H and O–H groups in total. The summed E-state index contributed by atoms with van der Waals surface area (Å²) in [5.74, 6) is -0.424. The molecule has 0 fully saturated rings. The molecule has 5 nitrogen and oxygen atoms in total. The minimum atomic E-state index is -0.656. The van der Waals surface area contributed by atoms with Crippen LogP contribution in [-0.2, 0) is 14.3 Å². The van der Waals surface area contributed by atoms with E-state index in [9.17, 15) is 9.59 Å². The van der Waals surface area contributed by atoms with E-state index in [-0.39, 0.29) is 13.2 Å². The van der Waals surface area contributed by atoms with Gasteiger partial charge in [0.05, 0.1) is 6.61 Å². The number of nitrogens with one attached hydrogen (secondary N) is 1. The number of alkyl carbamates (subject to hydrolysis) is 1. The molecule has 0 aromatic rings. The van der Waals surface area contributed by atoms with Crippen LogP contribution < -0.4 is 5.32 Å². The van der Waals surface area contributed by atoms with Crippen LogP contribution in [0.5, 0.6) is 0 Å². The second kappa shape index (κ2) is 12.3. The van der Waals surface area contributed by atoms with E-state index in [2.05, 4.69) is 18.5 Å². The minimum Gasteiger partial charge on any atom is -0.464 e. The fourth-order valence-electron chi connectivity index (χ4n) is 1.62. The van der Waals surface area contributed by atoms with Crippen LogP contribution in [0.4, 0.5) is 4.79 Å². The lowest BCUT2D eigenvalue weighted by Crippen LogP contribution is -2.42. The maximum atomic E-state index is 11.7. The van der Waals surface area contributed by atoms with E-state index < -0.39 is 18.1 Å². The summed E-state index contributed by atoms with van der Waals surface area (Å²) in [4.78, 5) is 23.2. The van der Waals surface area contributed by atoms with E-state index in [1.807, 2.05) is 6.08 Å². The summed E-state index contributed by atoms with van der Waals surface area (Å²) in [6, 6.07) is -0.656. The average molecular weight is 283 g/mol. The maximum Gasteiger partial charge on any atom is 0.408 e. The number of allylic oxidation sites excluding steroid dienone is 1. The molecule has 0 aliphatic carbocycles. The van der Waals surface area contributed by atoms with Gasteiger partial charge < -0.3 is 14.8 Å². The predicted molar refractivity (Wildman–Crippen MR) is 78.4 cm³/mol. The van der Waals surface area contributed by atoms with Gasteiger partial charge in [-0.1, -0.05) is 31.6 Å². The van der Waals surface area contributed by atoms with Gasteiger partial charge in [0, 0.05) is 0 Å².